The fraction of sp³-hybridized carbons (Fsp3) is 0.391. The molecule has 2 saturated heterocycles. The molecule has 0 saturated carbocycles. The van der Waals surface area contributed by atoms with E-state index in [1.165, 1.54) is 11.0 Å². The fourth-order valence-corrected chi connectivity index (χ4v) is 4.18. The van der Waals surface area contributed by atoms with Gasteiger partial charge in [-0.3, -0.25) is 9.59 Å². The number of anilines is 2. The minimum absolute atomic E-state index is 0.0982. The van der Waals surface area contributed by atoms with Gasteiger partial charge in [0.1, 0.15) is 5.82 Å². The topological polar surface area (TPSA) is 53.1 Å². The van der Waals surface area contributed by atoms with Gasteiger partial charge in [0, 0.05) is 45.3 Å². The van der Waals surface area contributed by atoms with Crippen LogP contribution in [0.3, 0.4) is 0 Å². The van der Waals surface area contributed by atoms with Crippen molar-refractivity contribution in [2.45, 2.75) is 13.0 Å². The Hall–Kier alpha value is -2.93. The van der Waals surface area contributed by atoms with Crippen molar-refractivity contribution in [1.82, 2.24) is 4.90 Å². The molecule has 4 rings (SSSR count). The fourth-order valence-electron chi connectivity index (χ4n) is 4.18. The molecule has 1 unspecified atom stereocenters. The van der Waals surface area contributed by atoms with E-state index in [9.17, 15) is 14.0 Å². The number of hydrogen-bond acceptors (Lipinski definition) is 4. The quantitative estimate of drug-likeness (QED) is 0.759. The Morgan fingerprint density at radius 1 is 1.10 bits per heavy atom. The number of hydrogen-bond donors (Lipinski definition) is 0. The Balaban J connectivity index is 1.45. The summed E-state index contributed by atoms with van der Waals surface area (Å²) >= 11 is 0. The first kappa shape index (κ1) is 20.3. The van der Waals surface area contributed by atoms with E-state index in [0.717, 1.165) is 24.3 Å². The highest BCUT2D eigenvalue weighted by Gasteiger charge is 2.37. The minimum atomic E-state index is -0.474. The number of carbonyl (C=O) groups excluding carboxylic acids is 2. The Bertz CT molecular complexity index is 929. The van der Waals surface area contributed by atoms with E-state index in [1.54, 1.807) is 30.1 Å². The summed E-state index contributed by atoms with van der Waals surface area (Å²) < 4.78 is 19.6. The van der Waals surface area contributed by atoms with Gasteiger partial charge in [-0.15, -0.1) is 0 Å². The predicted molar refractivity (Wildman–Crippen MR) is 113 cm³/mol. The van der Waals surface area contributed by atoms with Crippen LogP contribution < -0.4 is 9.80 Å². The molecule has 0 aromatic heterocycles. The molecule has 0 bridgehead atoms. The van der Waals surface area contributed by atoms with Gasteiger partial charge in [0.05, 0.1) is 24.8 Å². The summed E-state index contributed by atoms with van der Waals surface area (Å²) in [5.74, 6) is -1.25. The highest BCUT2D eigenvalue weighted by molar-refractivity contribution is 6.00. The molecule has 0 radical (unpaired) electrons. The Morgan fingerprint density at radius 2 is 1.77 bits per heavy atom. The van der Waals surface area contributed by atoms with Crippen molar-refractivity contribution in [3.05, 3.63) is 59.9 Å². The summed E-state index contributed by atoms with van der Waals surface area (Å²) in [5.41, 5.74) is 2.40. The molecule has 0 N–H and O–H groups in total. The van der Waals surface area contributed by atoms with Gasteiger partial charge in [0.2, 0.25) is 11.8 Å². The maximum absolute atomic E-state index is 14.1. The first-order chi connectivity index (χ1) is 14.5. The van der Waals surface area contributed by atoms with Crippen LogP contribution in [-0.2, 0) is 20.9 Å². The van der Waals surface area contributed by atoms with Gasteiger partial charge < -0.3 is 19.4 Å². The van der Waals surface area contributed by atoms with Crippen LogP contribution in [0.4, 0.5) is 15.8 Å². The van der Waals surface area contributed by atoms with E-state index in [-0.39, 0.29) is 30.5 Å². The second-order valence-electron chi connectivity index (χ2n) is 7.78. The van der Waals surface area contributed by atoms with Gasteiger partial charge in [0.15, 0.2) is 0 Å². The molecule has 2 fully saturated rings. The van der Waals surface area contributed by atoms with Crippen LogP contribution >= 0.6 is 0 Å². The van der Waals surface area contributed by atoms with Crippen molar-refractivity contribution in [1.29, 1.82) is 0 Å². The normalized spacial score (nSPS) is 19.3. The third-order valence-corrected chi connectivity index (χ3v) is 5.74. The van der Waals surface area contributed by atoms with Crippen LogP contribution in [0.2, 0.25) is 0 Å². The molecule has 2 amide bonds. The number of carbonyl (C=O) groups is 2. The highest BCUT2D eigenvalue weighted by atomic mass is 19.1. The van der Waals surface area contributed by atoms with Gasteiger partial charge >= 0.3 is 0 Å². The molecule has 1 atom stereocenters. The van der Waals surface area contributed by atoms with Crippen molar-refractivity contribution in [3.8, 4) is 0 Å². The van der Waals surface area contributed by atoms with E-state index in [2.05, 4.69) is 11.0 Å². The van der Waals surface area contributed by atoms with Crippen LogP contribution in [0.1, 0.15) is 12.0 Å². The summed E-state index contributed by atoms with van der Waals surface area (Å²) in [5, 5.41) is 0. The lowest BCUT2D eigenvalue weighted by Crippen LogP contribution is -2.38. The number of para-hydroxylation sites is 2. The first-order valence-corrected chi connectivity index (χ1v) is 10.2. The third-order valence-electron chi connectivity index (χ3n) is 5.74. The molecule has 2 aliphatic rings. The maximum atomic E-state index is 14.1. The molecule has 158 valence electrons. The number of halogens is 1. The Labute approximate surface area is 175 Å². The second-order valence-corrected chi connectivity index (χ2v) is 7.78. The first-order valence-electron chi connectivity index (χ1n) is 10.2. The lowest BCUT2D eigenvalue weighted by molar-refractivity contribution is -0.135. The van der Waals surface area contributed by atoms with Crippen LogP contribution in [0.5, 0.6) is 0 Å². The largest absolute Gasteiger partial charge is 0.378 e. The highest BCUT2D eigenvalue weighted by Crippen LogP contribution is 2.29. The molecule has 2 aromatic carbocycles. The molecule has 2 heterocycles. The van der Waals surface area contributed by atoms with Crippen molar-refractivity contribution in [3.63, 3.8) is 0 Å². The zero-order valence-corrected chi connectivity index (χ0v) is 17.1. The Kier molecular flexibility index (Phi) is 5.99. The summed E-state index contributed by atoms with van der Waals surface area (Å²) in [6.07, 6.45) is 0.0998. The van der Waals surface area contributed by atoms with Gasteiger partial charge in [0.25, 0.3) is 0 Å². The molecule has 6 nitrogen and oxygen atoms in total. The number of nitrogens with zero attached hydrogens (tertiary/aromatic N) is 3. The lowest BCUT2D eigenvalue weighted by atomic mass is 10.1. The van der Waals surface area contributed by atoms with Crippen molar-refractivity contribution < 1.29 is 18.7 Å². The van der Waals surface area contributed by atoms with Crippen LogP contribution in [-0.4, -0.2) is 56.6 Å². The van der Waals surface area contributed by atoms with Crippen LogP contribution in [0, 0.1) is 11.7 Å². The number of benzene rings is 2. The average Bonchev–Trinajstić information content (AvgIpc) is 3.16. The maximum Gasteiger partial charge on any atom is 0.228 e. The number of rotatable bonds is 5. The minimum Gasteiger partial charge on any atom is -0.378 e. The van der Waals surface area contributed by atoms with Crippen LogP contribution in [0.15, 0.2) is 48.5 Å². The van der Waals surface area contributed by atoms with Gasteiger partial charge in [-0.05, 0) is 23.8 Å². The number of ether oxygens (including phenoxy) is 1. The molecule has 7 heteroatoms. The van der Waals surface area contributed by atoms with Crippen molar-refractivity contribution >= 4 is 23.2 Å². The standard InChI is InChI=1S/C23H26FN3O3/c1-25(15-17-6-2-4-8-20(17)26-10-12-30-13-11-26)23(29)18-14-22(28)27(16-18)21-9-5-3-7-19(21)24/h2-9,18H,10-16H2,1H3. The second kappa shape index (κ2) is 8.83. The summed E-state index contributed by atoms with van der Waals surface area (Å²) in [4.78, 5) is 30.8. The van der Waals surface area contributed by atoms with E-state index in [0.29, 0.717) is 19.8 Å². The van der Waals surface area contributed by atoms with Crippen LogP contribution in [0.25, 0.3) is 0 Å². The SMILES string of the molecule is CN(Cc1ccccc1N1CCOCC1)C(=O)C1CC(=O)N(c2ccccc2F)C1. The van der Waals surface area contributed by atoms with E-state index < -0.39 is 11.7 Å². The molecule has 2 aliphatic heterocycles. The molecule has 30 heavy (non-hydrogen) atoms. The van der Waals surface area contributed by atoms with Crippen molar-refractivity contribution in [2.24, 2.45) is 5.92 Å². The zero-order chi connectivity index (χ0) is 21.1. The summed E-state index contributed by atoms with van der Waals surface area (Å²) in [7, 11) is 1.76. The Morgan fingerprint density at radius 3 is 2.50 bits per heavy atom. The average molecular weight is 411 g/mol. The molecule has 2 aromatic rings. The molecular formula is C23H26FN3O3. The smallest absolute Gasteiger partial charge is 0.228 e. The molecular weight excluding hydrogens is 385 g/mol. The van der Waals surface area contributed by atoms with E-state index in [4.69, 9.17) is 4.74 Å². The van der Waals surface area contributed by atoms with Gasteiger partial charge in [-0.1, -0.05) is 30.3 Å². The molecule has 0 spiro atoms. The monoisotopic (exact) mass is 411 g/mol. The van der Waals surface area contributed by atoms with E-state index in [1.807, 2.05) is 18.2 Å². The zero-order valence-electron chi connectivity index (χ0n) is 17.1. The number of amides is 2. The van der Waals surface area contributed by atoms with Gasteiger partial charge in [-0.25, -0.2) is 4.39 Å². The molecule has 0 aliphatic carbocycles. The number of morpholine rings is 1. The van der Waals surface area contributed by atoms with Gasteiger partial charge in [-0.2, -0.15) is 0 Å². The predicted octanol–water partition coefficient (Wildman–Crippen LogP) is 2.67. The summed E-state index contributed by atoms with van der Waals surface area (Å²) in [6.45, 7) is 3.69. The summed E-state index contributed by atoms with van der Waals surface area (Å²) in [6, 6.07) is 14.2. The van der Waals surface area contributed by atoms with Crippen molar-refractivity contribution in [2.75, 3.05) is 49.7 Å². The lowest BCUT2D eigenvalue weighted by Gasteiger charge is -2.31. The third kappa shape index (κ3) is 4.16. The van der Waals surface area contributed by atoms with E-state index >= 15 is 0 Å².